The Labute approximate surface area is 159 Å². The van der Waals surface area contributed by atoms with E-state index in [1.807, 2.05) is 80.2 Å². The van der Waals surface area contributed by atoms with Gasteiger partial charge in [0.25, 0.3) is 0 Å². The predicted molar refractivity (Wildman–Crippen MR) is 109 cm³/mol. The summed E-state index contributed by atoms with van der Waals surface area (Å²) in [6, 6.07) is 15.6. The fraction of sp³-hybridized carbons (Fsp3) is 0.273. The molecule has 5 heteroatoms. The number of carbonyl (C=O) groups excluding carboxylic acids is 2. The zero-order chi connectivity index (χ0) is 19.4. The Morgan fingerprint density at radius 2 is 1.67 bits per heavy atom. The van der Waals surface area contributed by atoms with Gasteiger partial charge in [-0.1, -0.05) is 30.3 Å². The number of aromatic nitrogens is 1. The van der Waals surface area contributed by atoms with Crippen LogP contribution in [0.5, 0.6) is 0 Å². The number of hydrogen-bond acceptors (Lipinski definition) is 2. The van der Waals surface area contributed by atoms with Gasteiger partial charge in [0.15, 0.2) is 0 Å². The number of aryl methyl sites for hydroxylation is 1. The third kappa shape index (κ3) is 4.76. The number of carbonyl (C=O) groups is 2. The van der Waals surface area contributed by atoms with Crippen LogP contribution in [-0.4, -0.2) is 22.4 Å². The predicted octanol–water partition coefficient (Wildman–Crippen LogP) is 3.43. The summed E-state index contributed by atoms with van der Waals surface area (Å²) in [7, 11) is 1.98. The molecule has 140 valence electrons. The first-order chi connectivity index (χ1) is 12.9. The number of para-hydroxylation sites is 1. The number of benzene rings is 2. The first-order valence-electron chi connectivity index (χ1n) is 9.13. The van der Waals surface area contributed by atoms with Crippen molar-refractivity contribution in [2.24, 2.45) is 7.05 Å². The average Bonchev–Trinajstić information content (AvgIpc) is 2.92. The largest absolute Gasteiger partial charge is 0.354 e. The molecule has 3 aromatic rings. The topological polar surface area (TPSA) is 63.1 Å². The second-order valence-electron chi connectivity index (χ2n) is 7.10. The summed E-state index contributed by atoms with van der Waals surface area (Å²) in [5, 5.41) is 6.90. The van der Waals surface area contributed by atoms with Crippen LogP contribution < -0.4 is 10.6 Å². The summed E-state index contributed by atoms with van der Waals surface area (Å²) in [6.45, 7) is 3.87. The Kier molecular flexibility index (Phi) is 5.60. The molecule has 0 bridgehead atoms. The highest BCUT2D eigenvalue weighted by atomic mass is 16.2. The number of fused-ring (bicyclic) bond motifs is 1. The number of nitrogens with one attached hydrogen (secondary N) is 2. The second kappa shape index (κ2) is 8.08. The minimum atomic E-state index is -0.0587. The van der Waals surface area contributed by atoms with Crippen molar-refractivity contribution in [1.29, 1.82) is 0 Å². The van der Waals surface area contributed by atoms with Crippen LogP contribution in [0.1, 0.15) is 25.0 Å². The van der Waals surface area contributed by atoms with Crippen LogP contribution in [0.2, 0.25) is 0 Å². The zero-order valence-corrected chi connectivity index (χ0v) is 16.0. The number of amides is 2. The van der Waals surface area contributed by atoms with E-state index in [0.717, 1.165) is 27.7 Å². The van der Waals surface area contributed by atoms with Gasteiger partial charge in [0.1, 0.15) is 0 Å². The molecule has 0 saturated carbocycles. The molecule has 0 radical (unpaired) electrons. The van der Waals surface area contributed by atoms with Gasteiger partial charge in [-0.25, -0.2) is 0 Å². The molecule has 0 spiro atoms. The Morgan fingerprint density at radius 3 is 2.37 bits per heavy atom. The molecule has 2 N–H and O–H groups in total. The van der Waals surface area contributed by atoms with E-state index in [2.05, 4.69) is 10.6 Å². The molecular formula is C22H25N3O2. The lowest BCUT2D eigenvalue weighted by atomic mass is 10.1. The van der Waals surface area contributed by atoms with Gasteiger partial charge in [0.2, 0.25) is 11.8 Å². The monoisotopic (exact) mass is 363 g/mol. The maximum atomic E-state index is 12.4. The fourth-order valence-corrected chi connectivity index (χ4v) is 3.21. The lowest BCUT2D eigenvalue weighted by molar-refractivity contribution is -0.121. The van der Waals surface area contributed by atoms with E-state index >= 15 is 0 Å². The fourth-order valence-electron chi connectivity index (χ4n) is 3.21. The summed E-state index contributed by atoms with van der Waals surface area (Å²) < 4.78 is 2.04. The molecular weight excluding hydrogens is 338 g/mol. The highest BCUT2D eigenvalue weighted by molar-refractivity contribution is 5.96. The van der Waals surface area contributed by atoms with Gasteiger partial charge in [-0.15, -0.1) is 0 Å². The number of anilines is 1. The maximum absolute atomic E-state index is 12.4. The summed E-state index contributed by atoms with van der Waals surface area (Å²) in [5.74, 6) is -0.0607. The Hall–Kier alpha value is -3.08. The van der Waals surface area contributed by atoms with Gasteiger partial charge in [-0.2, -0.15) is 0 Å². The highest BCUT2D eigenvalue weighted by Gasteiger charge is 2.11. The van der Waals surface area contributed by atoms with Crippen LogP contribution in [-0.2, 0) is 29.5 Å². The van der Waals surface area contributed by atoms with Gasteiger partial charge in [-0.3, -0.25) is 9.59 Å². The Balaban J connectivity index is 1.61. The molecule has 2 amide bonds. The standard InChI is InChI=1S/C22H25N3O2/c1-15(2)23-21(26)12-16-8-10-18(11-9-16)24-22(27)13-17-14-25(3)20-7-5-4-6-19(17)20/h4-11,14-15H,12-13H2,1-3H3,(H,23,26)(H,24,27). The molecule has 0 fully saturated rings. The lowest BCUT2D eigenvalue weighted by Crippen LogP contribution is -2.31. The number of rotatable bonds is 6. The third-order valence-corrected chi connectivity index (χ3v) is 4.38. The number of nitrogens with zero attached hydrogens (tertiary/aromatic N) is 1. The molecule has 5 nitrogen and oxygen atoms in total. The van der Waals surface area contributed by atoms with Gasteiger partial charge >= 0.3 is 0 Å². The van der Waals surface area contributed by atoms with E-state index in [1.54, 1.807) is 0 Å². The van der Waals surface area contributed by atoms with Crippen molar-refractivity contribution in [2.75, 3.05) is 5.32 Å². The van der Waals surface area contributed by atoms with Crippen LogP contribution in [0.4, 0.5) is 5.69 Å². The minimum absolute atomic E-state index is 0.00209. The van der Waals surface area contributed by atoms with E-state index in [0.29, 0.717) is 12.8 Å². The molecule has 27 heavy (non-hydrogen) atoms. The molecule has 0 aliphatic heterocycles. The van der Waals surface area contributed by atoms with Crippen molar-refractivity contribution < 1.29 is 9.59 Å². The number of hydrogen-bond donors (Lipinski definition) is 2. The second-order valence-corrected chi connectivity index (χ2v) is 7.10. The van der Waals surface area contributed by atoms with Crippen molar-refractivity contribution in [3.05, 3.63) is 65.9 Å². The summed E-state index contributed by atoms with van der Waals surface area (Å²) in [4.78, 5) is 24.2. The molecule has 0 aliphatic carbocycles. The quantitative estimate of drug-likeness (QED) is 0.705. The van der Waals surface area contributed by atoms with Crippen molar-refractivity contribution in [1.82, 2.24) is 9.88 Å². The smallest absolute Gasteiger partial charge is 0.228 e. The summed E-state index contributed by atoms with van der Waals surface area (Å²) >= 11 is 0. The van der Waals surface area contributed by atoms with Gasteiger partial charge in [0, 0.05) is 35.9 Å². The van der Waals surface area contributed by atoms with Crippen molar-refractivity contribution in [3.63, 3.8) is 0 Å². The zero-order valence-electron chi connectivity index (χ0n) is 16.0. The molecule has 3 rings (SSSR count). The maximum Gasteiger partial charge on any atom is 0.228 e. The first kappa shape index (κ1) is 18.7. The molecule has 0 aliphatic rings. The molecule has 0 atom stereocenters. The van der Waals surface area contributed by atoms with Gasteiger partial charge < -0.3 is 15.2 Å². The average molecular weight is 363 g/mol. The van der Waals surface area contributed by atoms with Gasteiger partial charge in [-0.05, 0) is 43.2 Å². The van der Waals surface area contributed by atoms with Crippen LogP contribution in [0.25, 0.3) is 10.9 Å². The van der Waals surface area contributed by atoms with Gasteiger partial charge in [0.05, 0.1) is 12.8 Å². The van der Waals surface area contributed by atoms with E-state index in [1.165, 1.54) is 0 Å². The Bertz CT molecular complexity index is 955. The van der Waals surface area contributed by atoms with Crippen LogP contribution in [0.3, 0.4) is 0 Å². The molecule has 0 unspecified atom stereocenters. The SMILES string of the molecule is CC(C)NC(=O)Cc1ccc(NC(=O)Cc2cn(C)c3ccccc23)cc1. The molecule has 0 saturated heterocycles. The van der Waals surface area contributed by atoms with Crippen LogP contribution in [0.15, 0.2) is 54.7 Å². The van der Waals surface area contributed by atoms with E-state index < -0.39 is 0 Å². The summed E-state index contributed by atoms with van der Waals surface area (Å²) in [5.41, 5.74) is 3.77. The van der Waals surface area contributed by atoms with E-state index in [-0.39, 0.29) is 17.9 Å². The normalized spacial score (nSPS) is 11.0. The highest BCUT2D eigenvalue weighted by Crippen LogP contribution is 2.21. The van der Waals surface area contributed by atoms with Crippen LogP contribution >= 0.6 is 0 Å². The molecule has 2 aromatic carbocycles. The Morgan fingerprint density at radius 1 is 0.963 bits per heavy atom. The summed E-state index contributed by atoms with van der Waals surface area (Å²) in [6.07, 6.45) is 2.66. The molecule has 1 aromatic heterocycles. The van der Waals surface area contributed by atoms with Crippen molar-refractivity contribution in [2.45, 2.75) is 32.7 Å². The minimum Gasteiger partial charge on any atom is -0.354 e. The lowest BCUT2D eigenvalue weighted by Gasteiger charge is -2.09. The van der Waals surface area contributed by atoms with Crippen molar-refractivity contribution in [3.8, 4) is 0 Å². The first-order valence-corrected chi connectivity index (χ1v) is 9.13. The van der Waals surface area contributed by atoms with E-state index in [4.69, 9.17) is 0 Å². The van der Waals surface area contributed by atoms with E-state index in [9.17, 15) is 9.59 Å². The molecule has 1 heterocycles. The van der Waals surface area contributed by atoms with Crippen LogP contribution in [0, 0.1) is 0 Å². The third-order valence-electron chi connectivity index (χ3n) is 4.38. The van der Waals surface area contributed by atoms with Crippen molar-refractivity contribution >= 4 is 28.4 Å².